The third kappa shape index (κ3) is 2.54. The molecule has 0 spiro atoms. The van der Waals surface area contributed by atoms with Gasteiger partial charge in [0, 0.05) is 12.8 Å². The molecule has 0 radical (unpaired) electrons. The van der Waals surface area contributed by atoms with Gasteiger partial charge >= 0.3 is 5.97 Å². The third-order valence-electron chi connectivity index (χ3n) is 3.20. The number of hydrogen-bond acceptors (Lipinski definition) is 3. The number of amides is 2. The van der Waals surface area contributed by atoms with Crippen molar-refractivity contribution in [3.05, 3.63) is 28.8 Å². The number of piperidine rings is 1. The first-order valence-corrected chi connectivity index (χ1v) is 6.48. The van der Waals surface area contributed by atoms with E-state index in [4.69, 9.17) is 11.6 Å². The first-order valence-electron chi connectivity index (χ1n) is 6.10. The monoisotopic (exact) mass is 295 g/mol. The molecule has 0 aliphatic carbocycles. The van der Waals surface area contributed by atoms with E-state index < -0.39 is 23.2 Å². The second kappa shape index (κ2) is 4.90. The van der Waals surface area contributed by atoms with Crippen LogP contribution in [-0.2, 0) is 9.59 Å². The topological polar surface area (TPSA) is 74.7 Å². The summed E-state index contributed by atoms with van der Waals surface area (Å²) in [7, 11) is 0. The number of carboxylic acids is 1. The number of carbonyl (C=O) groups is 3. The summed E-state index contributed by atoms with van der Waals surface area (Å²) >= 11 is 5.86. The van der Waals surface area contributed by atoms with E-state index in [1.807, 2.05) is 13.8 Å². The number of anilines is 1. The van der Waals surface area contributed by atoms with Crippen LogP contribution < -0.4 is 4.90 Å². The number of nitrogens with zero attached hydrogens (tertiary/aromatic N) is 1. The minimum atomic E-state index is -1.27. The molecule has 0 unspecified atom stereocenters. The Hall–Kier alpha value is -1.88. The molecule has 0 bridgehead atoms. The maximum atomic E-state index is 12.2. The molecule has 1 N–H and O–H groups in total. The van der Waals surface area contributed by atoms with Crippen LogP contribution in [0.1, 0.15) is 37.0 Å². The highest BCUT2D eigenvalue weighted by atomic mass is 35.5. The van der Waals surface area contributed by atoms with Crippen molar-refractivity contribution in [3.8, 4) is 0 Å². The van der Waals surface area contributed by atoms with Crippen LogP contribution in [0.4, 0.5) is 5.69 Å². The molecule has 1 aromatic carbocycles. The van der Waals surface area contributed by atoms with E-state index in [1.165, 1.54) is 18.2 Å². The summed E-state index contributed by atoms with van der Waals surface area (Å²) in [6.07, 6.45) is 0.370. The molecule has 1 aliphatic rings. The lowest BCUT2D eigenvalue weighted by Crippen LogP contribution is -2.46. The summed E-state index contributed by atoms with van der Waals surface area (Å²) in [5, 5.41) is 9.22. The highest BCUT2D eigenvalue weighted by molar-refractivity contribution is 6.35. The van der Waals surface area contributed by atoms with E-state index in [9.17, 15) is 19.5 Å². The maximum Gasteiger partial charge on any atom is 0.339 e. The minimum Gasteiger partial charge on any atom is -0.478 e. The van der Waals surface area contributed by atoms with Gasteiger partial charge in [-0.2, -0.15) is 0 Å². The Balaban J connectivity index is 2.52. The second-order valence-electron chi connectivity index (χ2n) is 5.58. The van der Waals surface area contributed by atoms with Gasteiger partial charge in [-0.25, -0.2) is 9.69 Å². The van der Waals surface area contributed by atoms with E-state index in [0.29, 0.717) is 0 Å². The van der Waals surface area contributed by atoms with Crippen LogP contribution >= 0.6 is 11.6 Å². The van der Waals surface area contributed by atoms with Gasteiger partial charge in [-0.1, -0.05) is 31.5 Å². The lowest BCUT2D eigenvalue weighted by Gasteiger charge is -2.35. The van der Waals surface area contributed by atoms with Crippen molar-refractivity contribution in [1.29, 1.82) is 0 Å². The van der Waals surface area contributed by atoms with Gasteiger partial charge in [-0.15, -0.1) is 0 Å². The Kier molecular flexibility index (Phi) is 3.56. The lowest BCUT2D eigenvalue weighted by atomic mass is 9.81. The zero-order valence-corrected chi connectivity index (χ0v) is 11.9. The fourth-order valence-corrected chi connectivity index (χ4v) is 2.61. The summed E-state index contributed by atoms with van der Waals surface area (Å²) in [5.74, 6) is -2.08. The van der Waals surface area contributed by atoms with Crippen LogP contribution in [0, 0.1) is 5.41 Å². The van der Waals surface area contributed by atoms with Crippen molar-refractivity contribution in [3.63, 3.8) is 0 Å². The van der Waals surface area contributed by atoms with Gasteiger partial charge in [0.25, 0.3) is 0 Å². The standard InChI is InChI=1S/C14H14ClNO4/c1-14(2)6-10(17)16(11(18)7-14)9-5-3-4-8(15)12(9)13(19)20/h3-5H,6-7H2,1-2H3,(H,19,20). The van der Waals surface area contributed by atoms with Crippen molar-refractivity contribution in [2.24, 2.45) is 5.41 Å². The van der Waals surface area contributed by atoms with Gasteiger partial charge in [-0.05, 0) is 17.5 Å². The molecule has 0 aromatic heterocycles. The number of halogens is 1. The van der Waals surface area contributed by atoms with Crippen LogP contribution in [0.15, 0.2) is 18.2 Å². The molecule has 0 atom stereocenters. The Morgan fingerprint density at radius 1 is 1.25 bits per heavy atom. The lowest BCUT2D eigenvalue weighted by molar-refractivity contribution is -0.132. The van der Waals surface area contributed by atoms with E-state index >= 15 is 0 Å². The van der Waals surface area contributed by atoms with Crippen molar-refractivity contribution in [2.45, 2.75) is 26.7 Å². The van der Waals surface area contributed by atoms with Gasteiger partial charge in [0.2, 0.25) is 11.8 Å². The van der Waals surface area contributed by atoms with Crippen LogP contribution in [0.5, 0.6) is 0 Å². The van der Waals surface area contributed by atoms with Gasteiger partial charge in [0.15, 0.2) is 0 Å². The van der Waals surface area contributed by atoms with Crippen molar-refractivity contribution in [1.82, 2.24) is 0 Å². The number of imide groups is 1. The number of carboxylic acid groups (broad SMARTS) is 1. The summed E-state index contributed by atoms with van der Waals surface area (Å²) in [6, 6.07) is 4.35. The Morgan fingerprint density at radius 3 is 2.30 bits per heavy atom. The van der Waals surface area contributed by atoms with Crippen LogP contribution in [0.25, 0.3) is 0 Å². The zero-order chi connectivity index (χ0) is 15.1. The molecule has 1 saturated heterocycles. The first-order chi connectivity index (χ1) is 9.23. The highest BCUT2D eigenvalue weighted by Crippen LogP contribution is 2.36. The van der Waals surface area contributed by atoms with E-state index in [-0.39, 0.29) is 29.1 Å². The van der Waals surface area contributed by atoms with Crippen molar-refractivity contribution >= 4 is 35.1 Å². The van der Waals surface area contributed by atoms with Crippen LogP contribution in [0.2, 0.25) is 5.02 Å². The minimum absolute atomic E-state index is 0.000402. The second-order valence-corrected chi connectivity index (χ2v) is 5.99. The van der Waals surface area contributed by atoms with Gasteiger partial charge in [0.05, 0.1) is 10.7 Å². The first kappa shape index (κ1) is 14.5. The molecule has 2 amide bonds. The predicted octanol–water partition coefficient (Wildman–Crippen LogP) is 2.72. The molecule has 106 valence electrons. The molecular formula is C14H14ClNO4. The smallest absolute Gasteiger partial charge is 0.339 e. The normalized spacial score (nSPS) is 18.2. The SMILES string of the molecule is CC1(C)CC(=O)N(c2cccc(Cl)c2C(=O)O)C(=O)C1. The van der Waals surface area contributed by atoms with E-state index in [0.717, 1.165) is 4.90 Å². The van der Waals surface area contributed by atoms with Crippen molar-refractivity contribution < 1.29 is 19.5 Å². The fraction of sp³-hybridized carbons (Fsp3) is 0.357. The largest absolute Gasteiger partial charge is 0.478 e. The third-order valence-corrected chi connectivity index (χ3v) is 3.52. The zero-order valence-electron chi connectivity index (χ0n) is 11.1. The molecule has 1 fully saturated rings. The molecule has 0 saturated carbocycles. The molecule has 5 nitrogen and oxygen atoms in total. The van der Waals surface area contributed by atoms with Gasteiger partial charge in [0.1, 0.15) is 5.56 Å². The van der Waals surface area contributed by atoms with Gasteiger partial charge in [-0.3, -0.25) is 9.59 Å². The van der Waals surface area contributed by atoms with Crippen LogP contribution in [-0.4, -0.2) is 22.9 Å². The average molecular weight is 296 g/mol. The van der Waals surface area contributed by atoms with Crippen LogP contribution in [0.3, 0.4) is 0 Å². The summed E-state index contributed by atoms with van der Waals surface area (Å²) in [5.41, 5.74) is -0.599. The number of aromatic carboxylic acids is 1. The average Bonchev–Trinajstić information content (AvgIpc) is 2.25. The van der Waals surface area contributed by atoms with E-state index in [1.54, 1.807) is 0 Å². The van der Waals surface area contributed by atoms with Gasteiger partial charge < -0.3 is 5.11 Å². The number of hydrogen-bond donors (Lipinski definition) is 1. The summed E-state index contributed by atoms with van der Waals surface area (Å²) < 4.78 is 0. The molecule has 1 aromatic rings. The molecule has 1 aliphatic heterocycles. The quantitative estimate of drug-likeness (QED) is 0.851. The Morgan fingerprint density at radius 2 is 1.80 bits per heavy atom. The molecular weight excluding hydrogens is 282 g/mol. The number of rotatable bonds is 2. The maximum absolute atomic E-state index is 12.2. The fourth-order valence-electron chi connectivity index (χ4n) is 2.36. The summed E-state index contributed by atoms with van der Waals surface area (Å²) in [6.45, 7) is 3.66. The number of carbonyl (C=O) groups excluding carboxylic acids is 2. The summed E-state index contributed by atoms with van der Waals surface area (Å²) in [4.78, 5) is 36.6. The van der Waals surface area contributed by atoms with Crippen molar-refractivity contribution in [2.75, 3.05) is 4.90 Å². The number of benzene rings is 1. The predicted molar refractivity (Wildman–Crippen MR) is 73.9 cm³/mol. The molecule has 20 heavy (non-hydrogen) atoms. The highest BCUT2D eigenvalue weighted by Gasteiger charge is 2.39. The Labute approximate surface area is 121 Å². The Bertz CT molecular complexity index is 589. The molecule has 6 heteroatoms. The van der Waals surface area contributed by atoms with E-state index in [2.05, 4.69) is 0 Å². The molecule has 1 heterocycles. The molecule has 2 rings (SSSR count).